The zero-order valence-electron chi connectivity index (χ0n) is 8.45. The molecule has 0 atom stereocenters. The Labute approximate surface area is 80.1 Å². The zero-order chi connectivity index (χ0) is 10.1. The number of hydrogen-bond donors (Lipinski definition) is 1. The molecule has 13 heavy (non-hydrogen) atoms. The Kier molecular flexibility index (Phi) is 7.69. The molecular formula is C10H19O3. The average molecular weight is 187 g/mol. The molecule has 0 aliphatic heterocycles. The van der Waals surface area contributed by atoms with E-state index in [2.05, 4.69) is 20.3 Å². The molecule has 0 amide bonds. The molecule has 0 aliphatic carbocycles. The molecule has 3 heteroatoms. The maximum Gasteiger partial charge on any atom is 0.303 e. The summed E-state index contributed by atoms with van der Waals surface area (Å²) in [4.78, 5) is 10.1. The van der Waals surface area contributed by atoms with Crippen molar-refractivity contribution in [3.63, 3.8) is 0 Å². The van der Waals surface area contributed by atoms with Gasteiger partial charge in [0.25, 0.3) is 0 Å². The molecule has 0 saturated heterocycles. The van der Waals surface area contributed by atoms with Crippen LogP contribution in [0.15, 0.2) is 0 Å². The quantitative estimate of drug-likeness (QED) is 0.592. The third kappa shape index (κ3) is 11.4. The van der Waals surface area contributed by atoms with E-state index >= 15 is 0 Å². The predicted molar refractivity (Wildman–Crippen MR) is 51.4 cm³/mol. The van der Waals surface area contributed by atoms with Crippen molar-refractivity contribution in [3.05, 3.63) is 6.42 Å². The van der Waals surface area contributed by atoms with Gasteiger partial charge in [0.2, 0.25) is 0 Å². The van der Waals surface area contributed by atoms with Crippen molar-refractivity contribution < 1.29 is 14.6 Å². The first kappa shape index (κ1) is 12.4. The lowest BCUT2D eigenvalue weighted by atomic mass is 10.1. The zero-order valence-corrected chi connectivity index (χ0v) is 8.45. The Morgan fingerprint density at radius 2 is 2.15 bits per heavy atom. The molecule has 3 nitrogen and oxygen atoms in total. The van der Waals surface area contributed by atoms with E-state index in [0.29, 0.717) is 25.6 Å². The summed E-state index contributed by atoms with van der Waals surface area (Å²) in [5.74, 6) is -0.173. The van der Waals surface area contributed by atoms with E-state index in [0.717, 1.165) is 6.42 Å². The monoisotopic (exact) mass is 187 g/mol. The van der Waals surface area contributed by atoms with Crippen LogP contribution in [0.2, 0.25) is 0 Å². The Balaban J connectivity index is 2.96. The summed E-state index contributed by atoms with van der Waals surface area (Å²) in [5, 5.41) is 8.34. The van der Waals surface area contributed by atoms with E-state index in [-0.39, 0.29) is 6.42 Å². The molecule has 0 rings (SSSR count). The molecule has 0 spiro atoms. The highest BCUT2D eigenvalue weighted by Gasteiger charge is 1.97. The second kappa shape index (κ2) is 8.05. The van der Waals surface area contributed by atoms with Crippen molar-refractivity contribution in [3.8, 4) is 0 Å². The van der Waals surface area contributed by atoms with Gasteiger partial charge in [0.1, 0.15) is 0 Å². The second-order valence-electron chi connectivity index (χ2n) is 3.41. The summed E-state index contributed by atoms with van der Waals surface area (Å²) in [7, 11) is 0. The molecule has 0 aliphatic rings. The summed E-state index contributed by atoms with van der Waals surface area (Å²) in [6.45, 7) is 5.54. The van der Waals surface area contributed by atoms with Gasteiger partial charge >= 0.3 is 5.97 Å². The Bertz CT molecular complexity index is 132. The molecule has 0 fully saturated rings. The van der Waals surface area contributed by atoms with E-state index in [1.54, 1.807) is 0 Å². The van der Waals surface area contributed by atoms with Crippen LogP contribution in [0, 0.1) is 12.3 Å². The number of carbonyl (C=O) groups is 1. The summed E-state index contributed by atoms with van der Waals surface area (Å²) in [5.41, 5.74) is 0. The fourth-order valence-electron chi connectivity index (χ4n) is 0.824. The standard InChI is InChI=1S/C10H19O3/c1-9(2)6-8-13-7-4-3-5-10(11)12/h6,9H,3-5,7-8H2,1-2H3,(H,11,12). The van der Waals surface area contributed by atoms with Crippen LogP contribution in [0.5, 0.6) is 0 Å². The first-order valence-corrected chi connectivity index (χ1v) is 4.75. The van der Waals surface area contributed by atoms with E-state index in [4.69, 9.17) is 9.84 Å². The smallest absolute Gasteiger partial charge is 0.303 e. The number of carboxylic acids is 1. The molecule has 1 radical (unpaired) electrons. The molecular weight excluding hydrogens is 168 g/mol. The summed E-state index contributed by atoms with van der Waals surface area (Å²) >= 11 is 0. The van der Waals surface area contributed by atoms with Gasteiger partial charge < -0.3 is 9.84 Å². The first-order chi connectivity index (χ1) is 6.13. The van der Waals surface area contributed by atoms with Gasteiger partial charge in [-0.1, -0.05) is 13.8 Å². The van der Waals surface area contributed by atoms with Crippen molar-refractivity contribution in [1.82, 2.24) is 0 Å². The van der Waals surface area contributed by atoms with E-state index < -0.39 is 5.97 Å². The maximum absolute atomic E-state index is 10.1. The third-order valence-electron chi connectivity index (χ3n) is 1.61. The van der Waals surface area contributed by atoms with Crippen LogP contribution in [0.25, 0.3) is 0 Å². The second-order valence-corrected chi connectivity index (χ2v) is 3.41. The number of rotatable bonds is 8. The lowest BCUT2D eigenvalue weighted by Gasteiger charge is -2.04. The van der Waals surface area contributed by atoms with Crippen molar-refractivity contribution in [1.29, 1.82) is 0 Å². The lowest BCUT2D eigenvalue weighted by molar-refractivity contribution is -0.137. The van der Waals surface area contributed by atoms with Gasteiger partial charge in [0, 0.05) is 19.6 Å². The minimum absolute atomic E-state index is 0.247. The molecule has 0 aromatic rings. The summed E-state index contributed by atoms with van der Waals surface area (Å²) in [6.07, 6.45) is 3.88. The number of hydrogen-bond acceptors (Lipinski definition) is 2. The highest BCUT2D eigenvalue weighted by atomic mass is 16.5. The molecule has 77 valence electrons. The van der Waals surface area contributed by atoms with E-state index in [9.17, 15) is 4.79 Å². The Morgan fingerprint density at radius 3 is 2.69 bits per heavy atom. The van der Waals surface area contributed by atoms with Crippen molar-refractivity contribution in [2.24, 2.45) is 5.92 Å². The summed E-state index contributed by atoms with van der Waals surface area (Å²) < 4.78 is 5.28. The summed E-state index contributed by atoms with van der Waals surface area (Å²) in [6, 6.07) is 0. The van der Waals surface area contributed by atoms with Gasteiger partial charge in [-0.3, -0.25) is 4.79 Å². The molecule has 0 aromatic carbocycles. The highest BCUT2D eigenvalue weighted by Crippen LogP contribution is 1.99. The van der Waals surface area contributed by atoms with Crippen LogP contribution in [0.3, 0.4) is 0 Å². The van der Waals surface area contributed by atoms with Crippen LogP contribution in [-0.2, 0) is 9.53 Å². The van der Waals surface area contributed by atoms with E-state index in [1.807, 2.05) is 0 Å². The number of ether oxygens (including phenoxy) is 1. The van der Waals surface area contributed by atoms with Gasteiger partial charge in [-0.25, -0.2) is 0 Å². The van der Waals surface area contributed by atoms with Gasteiger partial charge in [-0.15, -0.1) is 0 Å². The first-order valence-electron chi connectivity index (χ1n) is 4.75. The fourth-order valence-corrected chi connectivity index (χ4v) is 0.824. The topological polar surface area (TPSA) is 46.5 Å². The molecule has 0 bridgehead atoms. The van der Waals surface area contributed by atoms with Gasteiger partial charge in [0.15, 0.2) is 0 Å². The number of aliphatic carboxylic acids is 1. The minimum atomic E-state index is -0.728. The molecule has 0 aromatic heterocycles. The molecule has 0 heterocycles. The number of unbranched alkanes of at least 4 members (excludes halogenated alkanes) is 1. The van der Waals surface area contributed by atoms with Gasteiger partial charge in [-0.2, -0.15) is 0 Å². The van der Waals surface area contributed by atoms with Crippen LogP contribution >= 0.6 is 0 Å². The van der Waals surface area contributed by atoms with Crippen LogP contribution in [0.4, 0.5) is 0 Å². The lowest BCUT2D eigenvalue weighted by Crippen LogP contribution is -2.02. The van der Waals surface area contributed by atoms with Crippen LogP contribution in [0.1, 0.15) is 33.1 Å². The SMILES string of the molecule is CC(C)[CH]COCCCCC(=O)O. The number of carboxylic acid groups (broad SMARTS) is 1. The van der Waals surface area contributed by atoms with Crippen molar-refractivity contribution in [2.45, 2.75) is 33.1 Å². The van der Waals surface area contributed by atoms with Crippen molar-refractivity contribution in [2.75, 3.05) is 13.2 Å². The minimum Gasteiger partial charge on any atom is -0.481 e. The highest BCUT2D eigenvalue weighted by molar-refractivity contribution is 5.66. The van der Waals surface area contributed by atoms with Crippen molar-refractivity contribution >= 4 is 5.97 Å². The Hall–Kier alpha value is -0.570. The van der Waals surface area contributed by atoms with Gasteiger partial charge in [0.05, 0.1) is 0 Å². The fraction of sp³-hybridized carbons (Fsp3) is 0.800. The maximum atomic E-state index is 10.1. The average Bonchev–Trinajstić information content (AvgIpc) is 2.01. The Morgan fingerprint density at radius 1 is 1.46 bits per heavy atom. The third-order valence-corrected chi connectivity index (χ3v) is 1.61. The van der Waals surface area contributed by atoms with E-state index in [1.165, 1.54) is 0 Å². The van der Waals surface area contributed by atoms with Crippen LogP contribution in [-0.4, -0.2) is 24.3 Å². The molecule has 1 N–H and O–H groups in total. The molecule has 0 unspecified atom stereocenters. The molecule has 0 saturated carbocycles. The van der Waals surface area contributed by atoms with Gasteiger partial charge in [-0.05, 0) is 25.2 Å². The normalized spacial score (nSPS) is 10.7. The largest absolute Gasteiger partial charge is 0.481 e. The van der Waals surface area contributed by atoms with Crippen LogP contribution < -0.4 is 0 Å². The predicted octanol–water partition coefficient (Wildman–Crippen LogP) is 2.12.